The van der Waals surface area contributed by atoms with Crippen molar-refractivity contribution in [1.82, 2.24) is 0 Å². The van der Waals surface area contributed by atoms with E-state index in [2.05, 4.69) is 176 Å². The normalized spacial score (nSPS) is 12.3. The molecule has 0 radical (unpaired) electrons. The lowest BCUT2D eigenvalue weighted by atomic mass is 9.81. The van der Waals surface area contributed by atoms with Crippen molar-refractivity contribution in [1.29, 1.82) is 0 Å². The Bertz CT molecular complexity index is 3310. The maximum atomic E-state index is 6.53. The number of fused-ring (bicyclic) bond motifs is 12. The SMILES string of the molecule is c1ccc2c(c1)Oc1ccc(-c3c4ccccc4c(-c4cc5c6ccccc6c6ccccc6c5c5ccccc45)c4ccccc34)c3cccc-2c13. The van der Waals surface area contributed by atoms with Crippen LogP contribution in [0.2, 0.25) is 0 Å². The monoisotopic (exact) mass is 670 g/mol. The molecule has 0 unspecified atom stereocenters. The molecule has 1 nitrogen and oxygen atoms in total. The van der Waals surface area contributed by atoms with Crippen molar-refractivity contribution in [3.05, 3.63) is 182 Å². The molecule has 11 aromatic carbocycles. The van der Waals surface area contributed by atoms with Gasteiger partial charge in [0.1, 0.15) is 11.5 Å². The molecule has 0 amide bonds. The van der Waals surface area contributed by atoms with Crippen molar-refractivity contribution >= 4 is 75.4 Å². The van der Waals surface area contributed by atoms with Gasteiger partial charge >= 0.3 is 0 Å². The van der Waals surface area contributed by atoms with Crippen molar-refractivity contribution < 1.29 is 4.74 Å². The summed E-state index contributed by atoms with van der Waals surface area (Å²) in [6.07, 6.45) is 0. The van der Waals surface area contributed by atoms with Crippen LogP contribution >= 0.6 is 0 Å². The van der Waals surface area contributed by atoms with Crippen LogP contribution in [0.3, 0.4) is 0 Å². The highest BCUT2D eigenvalue weighted by molar-refractivity contribution is 6.35. The van der Waals surface area contributed by atoms with Crippen molar-refractivity contribution in [2.24, 2.45) is 0 Å². The fourth-order valence-electron chi connectivity index (χ4n) is 9.48. The topological polar surface area (TPSA) is 9.23 Å². The molecule has 0 atom stereocenters. The predicted molar refractivity (Wildman–Crippen MR) is 225 cm³/mol. The Labute approximate surface area is 305 Å². The third kappa shape index (κ3) is 3.91. The van der Waals surface area contributed by atoms with Crippen LogP contribution < -0.4 is 4.74 Å². The second-order valence-electron chi connectivity index (χ2n) is 14.3. The lowest BCUT2D eigenvalue weighted by Gasteiger charge is -2.24. The lowest BCUT2D eigenvalue weighted by molar-refractivity contribution is 0.487. The molecule has 11 aromatic rings. The molecule has 0 aromatic heterocycles. The second-order valence-corrected chi connectivity index (χ2v) is 14.3. The fraction of sp³-hybridized carbons (Fsp3) is 0. The van der Waals surface area contributed by atoms with Crippen LogP contribution in [0.5, 0.6) is 11.5 Å². The Morgan fingerprint density at radius 1 is 0.226 bits per heavy atom. The van der Waals surface area contributed by atoms with Gasteiger partial charge in [-0.2, -0.15) is 0 Å². The maximum Gasteiger partial charge on any atom is 0.135 e. The number of benzene rings is 11. The summed E-state index contributed by atoms with van der Waals surface area (Å²) in [5.74, 6) is 1.81. The molecular weight excluding hydrogens is 641 g/mol. The molecule has 0 fully saturated rings. The van der Waals surface area contributed by atoms with Gasteiger partial charge in [0.25, 0.3) is 0 Å². The molecule has 1 heteroatoms. The van der Waals surface area contributed by atoms with Gasteiger partial charge in [-0.05, 0) is 122 Å². The van der Waals surface area contributed by atoms with E-state index in [9.17, 15) is 0 Å². The number of ether oxygens (including phenoxy) is 1. The van der Waals surface area contributed by atoms with Gasteiger partial charge in [-0.3, -0.25) is 0 Å². The lowest BCUT2D eigenvalue weighted by Crippen LogP contribution is -1.98. The summed E-state index contributed by atoms with van der Waals surface area (Å²) in [6.45, 7) is 0. The molecule has 1 aliphatic heterocycles. The van der Waals surface area contributed by atoms with Gasteiger partial charge in [-0.25, -0.2) is 0 Å². The van der Waals surface area contributed by atoms with Crippen molar-refractivity contribution in [2.75, 3.05) is 0 Å². The summed E-state index contributed by atoms with van der Waals surface area (Å²) >= 11 is 0. The fourth-order valence-corrected chi connectivity index (χ4v) is 9.48. The zero-order chi connectivity index (χ0) is 34.6. The smallest absolute Gasteiger partial charge is 0.135 e. The first-order valence-corrected chi connectivity index (χ1v) is 18.4. The molecule has 0 saturated heterocycles. The molecule has 1 aliphatic rings. The average Bonchev–Trinajstić information content (AvgIpc) is 3.23. The van der Waals surface area contributed by atoms with E-state index in [0.29, 0.717) is 0 Å². The number of para-hydroxylation sites is 1. The zero-order valence-corrected chi connectivity index (χ0v) is 28.7. The minimum Gasteiger partial charge on any atom is -0.456 e. The number of hydrogen-bond donors (Lipinski definition) is 0. The van der Waals surface area contributed by atoms with E-state index in [1.54, 1.807) is 0 Å². The molecule has 0 N–H and O–H groups in total. The summed E-state index contributed by atoms with van der Waals surface area (Å²) in [4.78, 5) is 0. The first kappa shape index (κ1) is 28.7. The van der Waals surface area contributed by atoms with Gasteiger partial charge in [-0.15, -0.1) is 0 Å². The Hall–Kier alpha value is -6.96. The van der Waals surface area contributed by atoms with Gasteiger partial charge in [0.15, 0.2) is 0 Å². The van der Waals surface area contributed by atoms with Gasteiger partial charge in [-0.1, -0.05) is 158 Å². The van der Waals surface area contributed by atoms with Crippen LogP contribution in [0, 0.1) is 0 Å². The maximum absolute atomic E-state index is 6.53. The van der Waals surface area contributed by atoms with E-state index in [1.807, 2.05) is 6.07 Å². The molecule has 53 heavy (non-hydrogen) atoms. The summed E-state index contributed by atoms with van der Waals surface area (Å²) < 4.78 is 6.53. The second kappa shape index (κ2) is 10.8. The van der Waals surface area contributed by atoms with Crippen LogP contribution in [0.25, 0.3) is 109 Å². The molecule has 0 bridgehead atoms. The first-order valence-electron chi connectivity index (χ1n) is 18.4. The summed E-state index contributed by atoms with van der Waals surface area (Å²) in [7, 11) is 0. The molecule has 0 aliphatic carbocycles. The number of hydrogen-bond acceptors (Lipinski definition) is 1. The minimum absolute atomic E-state index is 0.906. The third-order valence-electron chi connectivity index (χ3n) is 11.6. The average molecular weight is 671 g/mol. The molecule has 12 rings (SSSR count). The summed E-state index contributed by atoms with van der Waals surface area (Å²) in [5.41, 5.74) is 7.35. The molecule has 1 heterocycles. The Morgan fingerprint density at radius 3 is 1.34 bits per heavy atom. The van der Waals surface area contributed by atoms with Crippen LogP contribution in [0.15, 0.2) is 182 Å². The minimum atomic E-state index is 0.906. The van der Waals surface area contributed by atoms with Crippen molar-refractivity contribution in [3.8, 4) is 44.9 Å². The predicted octanol–water partition coefficient (Wildman–Crippen LogP) is 14.9. The van der Waals surface area contributed by atoms with Gasteiger partial charge in [0, 0.05) is 10.9 Å². The van der Waals surface area contributed by atoms with Gasteiger partial charge < -0.3 is 4.74 Å². The Balaban J connectivity index is 1.23. The molecular formula is C52H30O. The van der Waals surface area contributed by atoms with E-state index in [4.69, 9.17) is 4.74 Å². The zero-order valence-electron chi connectivity index (χ0n) is 28.7. The highest BCUT2D eigenvalue weighted by Gasteiger charge is 2.25. The van der Waals surface area contributed by atoms with E-state index in [-0.39, 0.29) is 0 Å². The van der Waals surface area contributed by atoms with E-state index >= 15 is 0 Å². The van der Waals surface area contributed by atoms with Crippen LogP contribution in [0.4, 0.5) is 0 Å². The molecule has 0 spiro atoms. The quantitative estimate of drug-likeness (QED) is 0.131. The van der Waals surface area contributed by atoms with Crippen LogP contribution in [0.1, 0.15) is 0 Å². The molecule has 244 valence electrons. The standard InChI is InChI=1S/C52H30O/c1-2-16-33-31(14-1)32-15-3-5-19-36(32)50-37-20-6-4-17-34(37)46(30-45(33)50)51-41-23-9-7-21-39(41)49(40-22-8-10-24-42(40)51)44-28-29-48-52-38(25-13-26-43(44)52)35-18-11-12-27-47(35)53-48/h1-30H. The van der Waals surface area contributed by atoms with E-state index in [0.717, 1.165) is 17.1 Å². The number of rotatable bonds is 2. The van der Waals surface area contributed by atoms with Gasteiger partial charge in [0.05, 0.1) is 0 Å². The van der Waals surface area contributed by atoms with E-state index < -0.39 is 0 Å². The third-order valence-corrected chi connectivity index (χ3v) is 11.6. The Kier molecular flexibility index (Phi) is 5.84. The summed E-state index contributed by atoms with van der Waals surface area (Å²) in [6, 6.07) is 66.8. The van der Waals surface area contributed by atoms with Crippen molar-refractivity contribution in [2.45, 2.75) is 0 Å². The largest absolute Gasteiger partial charge is 0.456 e. The summed E-state index contributed by atoms with van der Waals surface area (Å²) in [5, 5.41) is 17.7. The van der Waals surface area contributed by atoms with Crippen LogP contribution in [-0.2, 0) is 0 Å². The van der Waals surface area contributed by atoms with Crippen LogP contribution in [-0.4, -0.2) is 0 Å². The molecule has 0 saturated carbocycles. The van der Waals surface area contributed by atoms with Gasteiger partial charge in [0.2, 0.25) is 0 Å². The first-order chi connectivity index (χ1) is 26.3. The Morgan fingerprint density at radius 2 is 0.679 bits per heavy atom. The highest BCUT2D eigenvalue weighted by Crippen LogP contribution is 2.52. The van der Waals surface area contributed by atoms with Crippen molar-refractivity contribution in [3.63, 3.8) is 0 Å². The highest BCUT2D eigenvalue weighted by atomic mass is 16.5. The van der Waals surface area contributed by atoms with E-state index in [1.165, 1.54) is 103 Å².